The van der Waals surface area contributed by atoms with E-state index < -0.39 is 50.1 Å². The van der Waals surface area contributed by atoms with Crippen LogP contribution in [-0.4, -0.2) is 105 Å². The van der Waals surface area contributed by atoms with E-state index >= 15 is 0 Å². The van der Waals surface area contributed by atoms with E-state index in [1.54, 1.807) is 0 Å². The zero-order chi connectivity index (χ0) is 15.7. The van der Waals surface area contributed by atoms with Crippen molar-refractivity contribution in [3.05, 3.63) is 0 Å². The topological polar surface area (TPSA) is 287 Å². The molecule has 0 aliphatic heterocycles. The number of nitrogens with zero attached hydrogens (tertiary/aromatic N) is 2. The number of rotatable bonds is 11. The second-order valence-electron chi connectivity index (χ2n) is 3.95. The molecule has 0 saturated heterocycles. The Kier molecular flexibility index (Phi) is 53.2. The summed E-state index contributed by atoms with van der Waals surface area (Å²) in [5.41, 5.74) is 0. The fourth-order valence-corrected chi connectivity index (χ4v) is 1.46. The van der Waals surface area contributed by atoms with Gasteiger partial charge in [0.05, 0.1) is 25.0 Å². The van der Waals surface area contributed by atoms with Crippen molar-refractivity contribution in [1.82, 2.24) is 9.80 Å². The molecule has 0 aromatic carbocycles. The molecule has 27 heavy (non-hydrogen) atoms. The van der Waals surface area contributed by atoms with E-state index in [1.165, 1.54) is 0 Å². The number of hydrogen-bond acceptors (Lipinski definition) is 8. The first kappa shape index (κ1) is 50.6. The van der Waals surface area contributed by atoms with Crippen molar-refractivity contribution in [3.8, 4) is 0 Å². The summed E-state index contributed by atoms with van der Waals surface area (Å²) in [6.07, 6.45) is 0. The molecule has 0 fully saturated rings. The van der Waals surface area contributed by atoms with Crippen LogP contribution in [0.3, 0.4) is 0 Å². The minimum Gasteiger partial charge on any atom is -0.549 e. The summed E-state index contributed by atoms with van der Waals surface area (Å²) in [4.78, 5) is 43.9. The van der Waals surface area contributed by atoms with E-state index in [-0.39, 0.29) is 111 Å². The molecular weight excluding hydrogens is 441 g/mol. The molecule has 14 nitrogen and oxygen atoms in total. The molecule has 10 N–H and O–H groups in total. The van der Waals surface area contributed by atoms with Crippen LogP contribution in [0.25, 0.3) is 0 Å². The van der Waals surface area contributed by atoms with Gasteiger partial charge < -0.3 is 51.9 Å². The molecule has 0 aliphatic rings. The van der Waals surface area contributed by atoms with Crippen LogP contribution in [0.1, 0.15) is 0 Å². The molecule has 0 aliphatic carbocycles. The molecule has 0 atom stereocenters. The summed E-state index contributed by atoms with van der Waals surface area (Å²) in [5.74, 6) is -5.52. The fraction of sp³-hybridized carbons (Fsp3) is 0.600. The van der Waals surface area contributed by atoms with Crippen LogP contribution in [-0.2, 0) is 36.2 Å². The van der Waals surface area contributed by atoms with E-state index in [1.807, 2.05) is 0 Å². The third-order valence-electron chi connectivity index (χ3n) is 2.16. The van der Waals surface area contributed by atoms with Crippen molar-refractivity contribution in [1.29, 1.82) is 0 Å². The van der Waals surface area contributed by atoms with Gasteiger partial charge in [0.1, 0.15) is 0 Å². The number of aliphatic carboxylic acids is 4. The quantitative estimate of drug-likeness (QED) is 0.273. The Morgan fingerprint density at radius 2 is 0.852 bits per heavy atom. The molecule has 0 rings (SSSR count). The van der Waals surface area contributed by atoms with Gasteiger partial charge in [0, 0.05) is 43.2 Å². The zero-order valence-corrected chi connectivity index (χ0v) is 20.0. The largest absolute Gasteiger partial charge is 1.00 e. The van der Waals surface area contributed by atoms with Crippen molar-refractivity contribution in [2.24, 2.45) is 0 Å². The fourth-order valence-electron chi connectivity index (χ4n) is 1.46. The second-order valence-corrected chi connectivity index (χ2v) is 3.95. The molecule has 0 spiro atoms. The Hall–Kier alpha value is 0.159. The van der Waals surface area contributed by atoms with Gasteiger partial charge >= 0.3 is 71.1 Å². The smallest absolute Gasteiger partial charge is 0.549 e. The minimum atomic E-state index is -1.51. The third kappa shape index (κ3) is 34.1. The van der Waals surface area contributed by atoms with Crippen molar-refractivity contribution < 1.29 is 138 Å². The van der Waals surface area contributed by atoms with Gasteiger partial charge in [-0.05, 0) is 0 Å². The van der Waals surface area contributed by atoms with Gasteiger partial charge in [-0.1, -0.05) is 0 Å². The molecule has 0 amide bonds. The minimum absolute atomic E-state index is 0. The molecule has 0 heterocycles. The van der Waals surface area contributed by atoms with E-state index in [0.717, 1.165) is 9.80 Å². The Morgan fingerprint density at radius 3 is 1.04 bits per heavy atom. The maximum atomic E-state index is 10.5. The van der Waals surface area contributed by atoms with Gasteiger partial charge in [0.15, 0.2) is 0 Å². The number of carbonyl (C=O) groups excluding carboxylic acids is 2. The van der Waals surface area contributed by atoms with Gasteiger partial charge in [-0.25, -0.2) is 0 Å². The maximum absolute atomic E-state index is 10.5. The summed E-state index contributed by atoms with van der Waals surface area (Å²) >= 11 is 0. The number of carboxylic acids is 4. The van der Waals surface area contributed by atoms with Gasteiger partial charge in [0.2, 0.25) is 0 Å². The maximum Gasteiger partial charge on any atom is 1.00 e. The predicted molar refractivity (Wildman–Crippen MR) is 72.6 cm³/mol. The summed E-state index contributed by atoms with van der Waals surface area (Å²) in [6.45, 7) is -2.75. The number of carbonyl (C=O) groups is 4. The number of hydrogen-bond donors (Lipinski definition) is 2. The van der Waals surface area contributed by atoms with Crippen molar-refractivity contribution in [2.45, 2.75) is 0 Å². The van der Waals surface area contributed by atoms with Gasteiger partial charge in [-0.3, -0.25) is 19.4 Å². The van der Waals surface area contributed by atoms with Crippen molar-refractivity contribution in [2.75, 3.05) is 39.3 Å². The summed E-state index contributed by atoms with van der Waals surface area (Å²) in [6, 6.07) is 0. The molecule has 0 saturated carbocycles. The SMILES string of the molecule is O.O.O.O.O=C([O-])CN(CCN(CC(=O)O)CC(=O)O)CC(=O)[O-].[Mn].[Na+].[Na+]. The zero-order valence-electron chi connectivity index (χ0n) is 14.9. The Balaban J connectivity index is -0.0000000860. The first-order valence-corrected chi connectivity index (χ1v) is 5.48. The van der Waals surface area contributed by atoms with E-state index in [4.69, 9.17) is 10.2 Å². The number of carboxylic acid groups (broad SMARTS) is 4. The Labute approximate surface area is 209 Å². The van der Waals surface area contributed by atoms with Crippen molar-refractivity contribution in [3.63, 3.8) is 0 Å². The van der Waals surface area contributed by atoms with Crippen LogP contribution in [0, 0.1) is 0 Å². The monoisotopic (exact) mass is 463 g/mol. The van der Waals surface area contributed by atoms with E-state index in [9.17, 15) is 29.4 Å². The average molecular weight is 463 g/mol. The molecule has 0 bridgehead atoms. The van der Waals surface area contributed by atoms with Crippen LogP contribution < -0.4 is 69.3 Å². The summed E-state index contributed by atoms with van der Waals surface area (Å²) < 4.78 is 0. The Bertz CT molecular complexity index is 336. The van der Waals surface area contributed by atoms with E-state index in [0.29, 0.717) is 0 Å². The molecule has 153 valence electrons. The molecule has 0 aromatic rings. The first-order valence-electron chi connectivity index (χ1n) is 5.48. The van der Waals surface area contributed by atoms with Crippen molar-refractivity contribution >= 4 is 23.9 Å². The third-order valence-corrected chi connectivity index (χ3v) is 2.16. The van der Waals surface area contributed by atoms with Gasteiger partial charge in [0.25, 0.3) is 0 Å². The van der Waals surface area contributed by atoms with E-state index in [2.05, 4.69) is 0 Å². The molecule has 1 radical (unpaired) electrons. The average Bonchev–Trinajstić information content (AvgIpc) is 2.22. The standard InChI is InChI=1S/C10H16N2O8.Mn.2Na.4H2O/c13-7(14)3-11(4-8(15)16)1-2-12(5-9(17)18)6-10(19)20;;;;;;;/h1-6H2,(H,13,14)(H,15,16)(H,17,18)(H,19,20);;;;4*1H2/q;;2*+1;;;;/p-2. The molecular formula is C10H22MnN2Na2O12. The second kappa shape index (κ2) is 28.4. The first-order chi connectivity index (χ1) is 9.20. The Morgan fingerprint density at radius 1 is 0.630 bits per heavy atom. The molecule has 17 heteroatoms. The van der Waals surface area contributed by atoms with Gasteiger partial charge in [-0.2, -0.15) is 0 Å². The van der Waals surface area contributed by atoms with Crippen LogP contribution >= 0.6 is 0 Å². The summed E-state index contributed by atoms with van der Waals surface area (Å²) in [7, 11) is 0. The van der Waals surface area contributed by atoms with Crippen LogP contribution in [0.4, 0.5) is 0 Å². The van der Waals surface area contributed by atoms with Gasteiger partial charge in [-0.15, -0.1) is 0 Å². The predicted octanol–water partition coefficient (Wildman–Crippen LogP) is -14.0. The normalized spacial score (nSPS) is 7.93. The van der Waals surface area contributed by atoms with Crippen LogP contribution in [0.5, 0.6) is 0 Å². The van der Waals surface area contributed by atoms with Crippen LogP contribution in [0.15, 0.2) is 0 Å². The van der Waals surface area contributed by atoms with Crippen LogP contribution in [0.2, 0.25) is 0 Å². The molecule has 0 unspecified atom stereocenters. The molecule has 0 aromatic heterocycles. The summed E-state index contributed by atoms with van der Waals surface area (Å²) in [5, 5.41) is 38.0.